The van der Waals surface area contributed by atoms with Crippen molar-refractivity contribution in [2.45, 2.75) is 76.2 Å². The molecule has 0 saturated carbocycles. The standard InChI is InChI=1S/C26H37N3O5/c1-3-4-8-14-27-23(32)21-26-13-12-25(2,34-26)19(20(26)24(33)29(21)15-9-16-30)22(31)28-17-18-10-6-5-7-11-18/h5-7,10-11,19-21,30H,3-4,8-9,12-17H2,1-2H3,(H,27,32)(H,28,31)/t19-,20-,21?,25+,26?/m0/s1. The molecular weight excluding hydrogens is 434 g/mol. The highest BCUT2D eigenvalue weighted by Gasteiger charge is 2.77. The number of likely N-dealkylation sites (tertiary alicyclic amines) is 1. The molecule has 0 radical (unpaired) electrons. The summed E-state index contributed by atoms with van der Waals surface area (Å²) in [5.41, 5.74) is -0.818. The molecule has 3 N–H and O–H groups in total. The van der Waals surface area contributed by atoms with Crippen molar-refractivity contribution < 1.29 is 24.2 Å². The minimum absolute atomic E-state index is 0.0775. The van der Waals surface area contributed by atoms with E-state index in [1.165, 1.54) is 0 Å². The van der Waals surface area contributed by atoms with Crippen molar-refractivity contribution in [3.8, 4) is 0 Å². The fraction of sp³-hybridized carbons (Fsp3) is 0.654. The number of hydrogen-bond donors (Lipinski definition) is 3. The van der Waals surface area contributed by atoms with E-state index in [0.29, 0.717) is 32.4 Å². The molecule has 5 atom stereocenters. The van der Waals surface area contributed by atoms with E-state index in [0.717, 1.165) is 24.8 Å². The zero-order valence-corrected chi connectivity index (χ0v) is 20.2. The zero-order chi connectivity index (χ0) is 24.3. The van der Waals surface area contributed by atoms with Gasteiger partial charge in [0.25, 0.3) is 0 Å². The van der Waals surface area contributed by atoms with Crippen LogP contribution in [0.25, 0.3) is 0 Å². The second kappa shape index (κ2) is 10.0. The molecule has 3 aliphatic rings. The van der Waals surface area contributed by atoms with Crippen LogP contribution in [0.5, 0.6) is 0 Å². The van der Waals surface area contributed by atoms with Gasteiger partial charge in [-0.3, -0.25) is 14.4 Å². The lowest BCUT2D eigenvalue weighted by Crippen LogP contribution is -2.55. The summed E-state index contributed by atoms with van der Waals surface area (Å²) >= 11 is 0. The maximum Gasteiger partial charge on any atom is 0.245 e. The summed E-state index contributed by atoms with van der Waals surface area (Å²) in [5.74, 6) is -2.01. The first kappa shape index (κ1) is 24.7. The Labute approximate surface area is 201 Å². The van der Waals surface area contributed by atoms with Crippen molar-refractivity contribution >= 4 is 17.7 Å². The summed E-state index contributed by atoms with van der Waals surface area (Å²) in [5, 5.41) is 15.4. The number of ether oxygens (including phenoxy) is 1. The number of unbranched alkanes of at least 4 members (excludes halogenated alkanes) is 2. The van der Waals surface area contributed by atoms with E-state index in [1.807, 2.05) is 37.3 Å². The molecular formula is C26H37N3O5. The van der Waals surface area contributed by atoms with Crippen molar-refractivity contribution in [1.29, 1.82) is 0 Å². The highest BCUT2D eigenvalue weighted by Crippen LogP contribution is 2.63. The van der Waals surface area contributed by atoms with Crippen molar-refractivity contribution in [2.75, 3.05) is 19.7 Å². The number of hydrogen-bond acceptors (Lipinski definition) is 5. The maximum absolute atomic E-state index is 13.7. The maximum atomic E-state index is 13.7. The smallest absolute Gasteiger partial charge is 0.245 e. The molecule has 8 heteroatoms. The Morgan fingerprint density at radius 2 is 1.88 bits per heavy atom. The van der Waals surface area contributed by atoms with Crippen LogP contribution in [-0.4, -0.2) is 64.7 Å². The van der Waals surface area contributed by atoms with Crippen molar-refractivity contribution in [1.82, 2.24) is 15.5 Å². The normalized spacial score (nSPS) is 31.6. The topological polar surface area (TPSA) is 108 Å². The highest BCUT2D eigenvalue weighted by molar-refractivity contribution is 5.99. The molecule has 2 unspecified atom stereocenters. The van der Waals surface area contributed by atoms with E-state index < -0.39 is 29.1 Å². The van der Waals surface area contributed by atoms with Gasteiger partial charge in [0.15, 0.2) is 0 Å². The van der Waals surface area contributed by atoms with Gasteiger partial charge in [0.1, 0.15) is 11.6 Å². The van der Waals surface area contributed by atoms with Crippen LogP contribution in [0.4, 0.5) is 0 Å². The van der Waals surface area contributed by atoms with Crippen LogP contribution in [0.15, 0.2) is 30.3 Å². The Balaban J connectivity index is 1.58. The van der Waals surface area contributed by atoms with Crippen molar-refractivity contribution in [3.63, 3.8) is 0 Å². The molecule has 8 nitrogen and oxygen atoms in total. The largest absolute Gasteiger partial charge is 0.396 e. The molecule has 0 aromatic heterocycles. The number of rotatable bonds is 11. The molecule has 1 spiro atoms. The Hall–Kier alpha value is -2.45. The van der Waals surface area contributed by atoms with Gasteiger partial charge in [-0.15, -0.1) is 0 Å². The van der Waals surface area contributed by atoms with E-state index in [1.54, 1.807) is 4.90 Å². The van der Waals surface area contributed by atoms with Gasteiger partial charge in [0.05, 0.1) is 17.4 Å². The molecule has 34 heavy (non-hydrogen) atoms. The van der Waals surface area contributed by atoms with Crippen LogP contribution >= 0.6 is 0 Å². The molecule has 0 aliphatic carbocycles. The second-order valence-corrected chi connectivity index (χ2v) is 10.0. The SMILES string of the molecule is CCCCCNC(=O)C1N(CCCO)C(=O)[C@@H]2[C@@H](C(=O)NCc3ccccc3)[C@@]3(C)CCC12O3. The van der Waals surface area contributed by atoms with Gasteiger partial charge in [-0.2, -0.15) is 0 Å². The highest BCUT2D eigenvalue weighted by atomic mass is 16.5. The van der Waals surface area contributed by atoms with Crippen LogP contribution < -0.4 is 10.6 Å². The van der Waals surface area contributed by atoms with Gasteiger partial charge in [0.2, 0.25) is 17.7 Å². The molecule has 3 saturated heterocycles. The third-order valence-electron chi connectivity index (χ3n) is 7.75. The second-order valence-electron chi connectivity index (χ2n) is 10.0. The molecule has 1 aromatic rings. The van der Waals surface area contributed by atoms with Crippen LogP contribution in [0, 0.1) is 11.8 Å². The van der Waals surface area contributed by atoms with Gasteiger partial charge in [0, 0.05) is 26.2 Å². The average Bonchev–Trinajstić information content (AvgIpc) is 3.40. The van der Waals surface area contributed by atoms with Crippen LogP contribution in [-0.2, 0) is 25.7 Å². The fourth-order valence-electron chi connectivity index (χ4n) is 6.19. The van der Waals surface area contributed by atoms with Gasteiger partial charge in [-0.25, -0.2) is 0 Å². The summed E-state index contributed by atoms with van der Waals surface area (Å²) in [7, 11) is 0. The summed E-state index contributed by atoms with van der Waals surface area (Å²) in [6, 6.07) is 8.86. The number of aliphatic hydroxyl groups excluding tert-OH is 1. The summed E-state index contributed by atoms with van der Waals surface area (Å²) in [6.07, 6.45) is 4.49. The number of carbonyl (C=O) groups is 3. The summed E-state index contributed by atoms with van der Waals surface area (Å²) in [6.45, 7) is 5.10. The lowest BCUT2D eigenvalue weighted by atomic mass is 9.66. The number of aliphatic hydroxyl groups is 1. The molecule has 4 rings (SSSR count). The fourth-order valence-corrected chi connectivity index (χ4v) is 6.19. The molecule has 3 aliphatic heterocycles. The molecule has 186 valence electrons. The van der Waals surface area contributed by atoms with E-state index in [9.17, 15) is 19.5 Å². The first-order valence-corrected chi connectivity index (χ1v) is 12.6. The van der Waals surface area contributed by atoms with Gasteiger partial charge in [-0.1, -0.05) is 50.1 Å². The first-order chi connectivity index (χ1) is 16.4. The van der Waals surface area contributed by atoms with Gasteiger partial charge in [-0.05, 0) is 38.2 Å². The first-order valence-electron chi connectivity index (χ1n) is 12.6. The van der Waals surface area contributed by atoms with Gasteiger partial charge >= 0.3 is 0 Å². The molecule has 3 fully saturated rings. The average molecular weight is 472 g/mol. The van der Waals surface area contributed by atoms with Gasteiger partial charge < -0.3 is 25.4 Å². The number of carbonyl (C=O) groups excluding carboxylic acids is 3. The Morgan fingerprint density at radius 3 is 2.59 bits per heavy atom. The van der Waals surface area contributed by atoms with Crippen LogP contribution in [0.2, 0.25) is 0 Å². The van der Waals surface area contributed by atoms with Crippen LogP contribution in [0.3, 0.4) is 0 Å². The molecule has 2 bridgehead atoms. The summed E-state index contributed by atoms with van der Waals surface area (Å²) < 4.78 is 6.55. The third kappa shape index (κ3) is 4.22. The Kier molecular flexibility index (Phi) is 7.28. The van der Waals surface area contributed by atoms with Crippen molar-refractivity contribution in [3.05, 3.63) is 35.9 Å². The number of fused-ring (bicyclic) bond motifs is 1. The predicted octanol–water partition coefficient (Wildman–Crippen LogP) is 1.76. The third-order valence-corrected chi connectivity index (χ3v) is 7.75. The Bertz CT molecular complexity index is 909. The Morgan fingerprint density at radius 1 is 1.12 bits per heavy atom. The molecule has 3 heterocycles. The number of nitrogens with one attached hydrogen (secondary N) is 2. The quantitative estimate of drug-likeness (QED) is 0.426. The molecule has 1 aromatic carbocycles. The van der Waals surface area contributed by atoms with Crippen LogP contribution in [0.1, 0.15) is 57.9 Å². The molecule has 3 amide bonds. The lowest BCUT2D eigenvalue weighted by molar-refractivity contribution is -0.146. The number of benzene rings is 1. The van der Waals surface area contributed by atoms with E-state index in [-0.39, 0.29) is 30.9 Å². The van der Waals surface area contributed by atoms with E-state index >= 15 is 0 Å². The van der Waals surface area contributed by atoms with Crippen molar-refractivity contribution in [2.24, 2.45) is 11.8 Å². The predicted molar refractivity (Wildman–Crippen MR) is 126 cm³/mol. The zero-order valence-electron chi connectivity index (χ0n) is 20.2. The van der Waals surface area contributed by atoms with E-state index in [2.05, 4.69) is 17.6 Å². The lowest BCUT2D eigenvalue weighted by Gasteiger charge is -2.33. The van der Waals surface area contributed by atoms with E-state index in [4.69, 9.17) is 4.74 Å². The minimum atomic E-state index is -1.01. The monoisotopic (exact) mass is 471 g/mol. The number of nitrogens with zero attached hydrogens (tertiary/aromatic N) is 1. The number of amides is 3. The summed E-state index contributed by atoms with van der Waals surface area (Å²) in [4.78, 5) is 42.1. The minimum Gasteiger partial charge on any atom is -0.396 e.